The van der Waals surface area contributed by atoms with Gasteiger partial charge in [-0.3, -0.25) is 0 Å². The Kier molecular flexibility index (Phi) is 12.6. The molecule has 0 N–H and O–H groups in total. The number of rotatable bonds is 2. The molecule has 0 atom stereocenters. The van der Waals surface area contributed by atoms with Gasteiger partial charge in [0.2, 0.25) is 0 Å². The van der Waals surface area contributed by atoms with Crippen LogP contribution in [0.15, 0.2) is 115 Å². The summed E-state index contributed by atoms with van der Waals surface area (Å²) in [4.78, 5) is 0. The van der Waals surface area contributed by atoms with Gasteiger partial charge in [0.25, 0.3) is 0 Å². The molecule has 5 aromatic rings. The first kappa shape index (κ1) is 30.8. The SMILES string of the molecule is Cc1cc(C)c(C)[cH-]1.[Cl-].[Cl-].[Zr+2]=[C](c1ccccc1)c1ccccc1.[c-]1cccc2c1Cc1ccccc1-2. The number of hydrogen-bond acceptors (Lipinski definition) is 0. The minimum Gasteiger partial charge on any atom is -0.179 e. The van der Waals surface area contributed by atoms with Crippen molar-refractivity contribution in [3.63, 3.8) is 0 Å². The molecule has 6 rings (SSSR count). The third-order valence-electron chi connectivity index (χ3n) is 6.25. The normalized spacial score (nSPS) is 10.2. The first-order chi connectivity index (χ1) is 17.0. The molecular weight excluding hydrogens is 571 g/mol. The van der Waals surface area contributed by atoms with Gasteiger partial charge in [-0.25, -0.2) is 6.07 Å². The number of aryl methyl sites for hydroxylation is 3. The van der Waals surface area contributed by atoms with Gasteiger partial charge in [-0.15, -0.1) is 5.56 Å². The van der Waals surface area contributed by atoms with Crippen molar-refractivity contribution in [2.24, 2.45) is 0 Å². The summed E-state index contributed by atoms with van der Waals surface area (Å²) >= 11 is 1.46. The van der Waals surface area contributed by atoms with E-state index < -0.39 is 0 Å². The van der Waals surface area contributed by atoms with Crippen molar-refractivity contribution in [3.05, 3.63) is 160 Å². The van der Waals surface area contributed by atoms with E-state index in [0.29, 0.717) is 0 Å². The third-order valence-corrected chi connectivity index (χ3v) is 7.67. The molecule has 0 unspecified atom stereocenters. The van der Waals surface area contributed by atoms with Crippen LogP contribution in [0.4, 0.5) is 0 Å². The molecular formula is C34H30Cl2Zr-2. The molecule has 0 aliphatic heterocycles. The van der Waals surface area contributed by atoms with Crippen LogP contribution in [0.3, 0.4) is 0 Å². The van der Waals surface area contributed by atoms with Crippen molar-refractivity contribution in [1.82, 2.24) is 0 Å². The van der Waals surface area contributed by atoms with Crippen molar-refractivity contribution in [1.29, 1.82) is 0 Å². The van der Waals surface area contributed by atoms with Crippen LogP contribution < -0.4 is 24.8 Å². The average molecular weight is 601 g/mol. The van der Waals surface area contributed by atoms with E-state index in [2.05, 4.69) is 136 Å². The monoisotopic (exact) mass is 598 g/mol. The van der Waals surface area contributed by atoms with Crippen LogP contribution in [0.25, 0.3) is 11.1 Å². The molecule has 37 heavy (non-hydrogen) atoms. The molecule has 0 saturated carbocycles. The van der Waals surface area contributed by atoms with E-state index in [9.17, 15) is 0 Å². The number of fused-ring (bicyclic) bond motifs is 3. The fourth-order valence-electron chi connectivity index (χ4n) is 4.33. The summed E-state index contributed by atoms with van der Waals surface area (Å²) in [5.74, 6) is 0. The zero-order valence-corrected chi connectivity index (χ0v) is 25.4. The molecule has 0 heterocycles. The van der Waals surface area contributed by atoms with Gasteiger partial charge in [0.05, 0.1) is 0 Å². The van der Waals surface area contributed by atoms with Crippen LogP contribution in [0, 0.1) is 26.8 Å². The molecule has 0 nitrogen and oxygen atoms in total. The van der Waals surface area contributed by atoms with E-state index in [-0.39, 0.29) is 24.8 Å². The Bertz CT molecular complexity index is 1300. The maximum atomic E-state index is 3.30. The quantitative estimate of drug-likeness (QED) is 0.268. The summed E-state index contributed by atoms with van der Waals surface area (Å²) in [7, 11) is 0. The topological polar surface area (TPSA) is 0 Å². The van der Waals surface area contributed by atoms with E-state index in [4.69, 9.17) is 0 Å². The molecule has 1 aliphatic carbocycles. The van der Waals surface area contributed by atoms with Crippen LogP contribution >= 0.6 is 0 Å². The summed E-state index contributed by atoms with van der Waals surface area (Å²) < 4.78 is 1.42. The largest absolute Gasteiger partial charge is 0.179 e. The Balaban J connectivity index is 0.000000197. The second kappa shape index (κ2) is 15.1. The summed E-state index contributed by atoms with van der Waals surface area (Å²) in [5, 5.41) is 0. The predicted octanol–water partition coefficient (Wildman–Crippen LogP) is 2.20. The molecule has 5 aromatic carbocycles. The first-order valence-electron chi connectivity index (χ1n) is 12.0. The molecule has 0 aromatic heterocycles. The van der Waals surface area contributed by atoms with Crippen molar-refractivity contribution in [3.8, 4) is 11.1 Å². The second-order valence-electron chi connectivity index (χ2n) is 8.90. The molecule has 0 bridgehead atoms. The summed E-state index contributed by atoms with van der Waals surface area (Å²) in [6.45, 7) is 6.41. The Morgan fingerprint density at radius 3 is 1.76 bits per heavy atom. The first-order valence-corrected chi connectivity index (χ1v) is 13.2. The summed E-state index contributed by atoms with van der Waals surface area (Å²) in [6.07, 6.45) is 1.05. The van der Waals surface area contributed by atoms with E-state index in [1.807, 2.05) is 6.07 Å². The summed E-state index contributed by atoms with van der Waals surface area (Å²) in [5.41, 5.74) is 12.4. The van der Waals surface area contributed by atoms with Gasteiger partial charge < -0.3 is 24.8 Å². The number of benzene rings is 4. The molecule has 0 amide bonds. The molecule has 0 fully saturated rings. The fourth-order valence-corrected chi connectivity index (χ4v) is 5.15. The van der Waals surface area contributed by atoms with Crippen molar-refractivity contribution >= 4 is 3.21 Å². The van der Waals surface area contributed by atoms with E-state index >= 15 is 0 Å². The van der Waals surface area contributed by atoms with Crippen molar-refractivity contribution < 1.29 is 49.0 Å². The smallest absolute Gasteiger partial charge is 0.0253 e. The maximum Gasteiger partial charge on any atom is -0.0253 e. The number of hydrogen-bond donors (Lipinski definition) is 0. The molecule has 0 spiro atoms. The van der Waals surface area contributed by atoms with E-state index in [1.54, 1.807) is 0 Å². The fraction of sp³-hybridized carbons (Fsp3) is 0.118. The van der Waals surface area contributed by atoms with E-state index in [0.717, 1.165) is 6.42 Å². The minimum atomic E-state index is 0. The van der Waals surface area contributed by atoms with Crippen LogP contribution in [0.5, 0.6) is 0 Å². The van der Waals surface area contributed by atoms with Gasteiger partial charge in [-0.05, 0) is 6.42 Å². The van der Waals surface area contributed by atoms with Gasteiger partial charge in [-0.2, -0.15) is 52.6 Å². The third kappa shape index (κ3) is 8.28. The molecule has 186 valence electrons. The van der Waals surface area contributed by atoms with Gasteiger partial charge in [0.15, 0.2) is 0 Å². The van der Waals surface area contributed by atoms with Crippen molar-refractivity contribution in [2.45, 2.75) is 27.2 Å². The number of halogens is 2. The zero-order valence-electron chi connectivity index (χ0n) is 21.4. The Morgan fingerprint density at radius 2 is 1.24 bits per heavy atom. The van der Waals surface area contributed by atoms with Crippen LogP contribution in [-0.2, 0) is 30.7 Å². The van der Waals surface area contributed by atoms with E-state index in [1.165, 1.54) is 77.5 Å². The van der Waals surface area contributed by atoms with Gasteiger partial charge >= 0.3 is 99.2 Å². The molecule has 3 heteroatoms. The van der Waals surface area contributed by atoms with Gasteiger partial charge in [-0.1, -0.05) is 56.2 Å². The van der Waals surface area contributed by atoms with Crippen LogP contribution in [0.1, 0.15) is 38.9 Å². The molecule has 0 radical (unpaired) electrons. The van der Waals surface area contributed by atoms with Crippen molar-refractivity contribution in [2.75, 3.05) is 0 Å². The standard InChI is InChI=1S/C13H9.C13H10.C8H11.2ClH.Zr/c1-3-7-12-10(5-1)9-11-6-2-4-8-13(11)12;1-3-7-12(8-4-1)11-13-9-5-2-6-10-13;1-6-4-7(2)8(3)5-6;;;/h1-5,7-8H,9H2;1-10H;4-5H,1-3H3;2*1H;/q-1;;-1;;;+2/p-2. The second-order valence-corrected chi connectivity index (χ2v) is 10.1. The predicted molar refractivity (Wildman–Crippen MR) is 146 cm³/mol. The Morgan fingerprint density at radius 1 is 0.703 bits per heavy atom. The summed E-state index contributed by atoms with van der Waals surface area (Å²) in [6, 6.07) is 43.6. The minimum absolute atomic E-state index is 0. The van der Waals surface area contributed by atoms with Gasteiger partial charge in [0, 0.05) is 0 Å². The maximum absolute atomic E-state index is 3.30. The molecule has 0 saturated heterocycles. The molecule has 1 aliphatic rings. The Labute approximate surface area is 249 Å². The van der Waals surface area contributed by atoms with Gasteiger partial charge in [0.1, 0.15) is 0 Å². The Hall–Kier alpha value is -2.44. The van der Waals surface area contributed by atoms with Crippen LogP contribution in [-0.4, -0.2) is 3.21 Å². The van der Waals surface area contributed by atoms with Crippen LogP contribution in [0.2, 0.25) is 0 Å². The zero-order chi connectivity index (χ0) is 24.6. The average Bonchev–Trinajstić information content (AvgIpc) is 3.43.